The van der Waals surface area contributed by atoms with Crippen LogP contribution in [-0.4, -0.2) is 24.4 Å². The molecule has 3 N–H and O–H groups in total. The SMILES string of the molecule is CNC(Cc1ccccc1)C(O)Nc1ccc2ccccc2c1. The minimum atomic E-state index is -0.665. The molecule has 0 aliphatic carbocycles. The van der Waals surface area contributed by atoms with Crippen molar-refractivity contribution in [3.63, 3.8) is 0 Å². The molecule has 2 atom stereocenters. The van der Waals surface area contributed by atoms with Crippen molar-refractivity contribution in [1.29, 1.82) is 0 Å². The normalized spacial score (nSPS) is 13.7. The predicted molar refractivity (Wildman–Crippen MR) is 96.6 cm³/mol. The van der Waals surface area contributed by atoms with Gasteiger partial charge in [0.2, 0.25) is 0 Å². The fourth-order valence-corrected chi connectivity index (χ4v) is 2.79. The van der Waals surface area contributed by atoms with Crippen molar-refractivity contribution in [2.75, 3.05) is 12.4 Å². The lowest BCUT2D eigenvalue weighted by Gasteiger charge is -2.24. The Labute approximate surface area is 137 Å². The molecule has 0 saturated carbocycles. The van der Waals surface area contributed by atoms with Crippen LogP contribution < -0.4 is 10.6 Å². The standard InChI is InChI=1S/C20H22N2O/c1-21-19(13-15-7-3-2-4-8-15)20(23)22-18-12-11-16-9-5-6-10-17(16)14-18/h2-12,14,19-23H,13H2,1H3. The molecule has 23 heavy (non-hydrogen) atoms. The zero-order valence-corrected chi connectivity index (χ0v) is 13.2. The van der Waals surface area contributed by atoms with E-state index in [0.29, 0.717) is 0 Å². The van der Waals surface area contributed by atoms with E-state index in [1.807, 2.05) is 43.4 Å². The van der Waals surface area contributed by atoms with Gasteiger partial charge in [-0.25, -0.2) is 0 Å². The van der Waals surface area contributed by atoms with E-state index in [1.165, 1.54) is 10.9 Å². The summed E-state index contributed by atoms with van der Waals surface area (Å²) in [4.78, 5) is 0. The highest BCUT2D eigenvalue weighted by Crippen LogP contribution is 2.20. The topological polar surface area (TPSA) is 44.3 Å². The highest BCUT2D eigenvalue weighted by molar-refractivity contribution is 5.85. The molecule has 0 aliphatic heterocycles. The molecule has 0 saturated heterocycles. The van der Waals surface area contributed by atoms with Crippen LogP contribution in [0.4, 0.5) is 5.69 Å². The van der Waals surface area contributed by atoms with Crippen molar-refractivity contribution < 1.29 is 5.11 Å². The number of anilines is 1. The van der Waals surface area contributed by atoms with Crippen LogP contribution in [0.3, 0.4) is 0 Å². The minimum absolute atomic E-state index is 0.0659. The number of fused-ring (bicyclic) bond motifs is 1. The molecule has 0 bridgehead atoms. The van der Waals surface area contributed by atoms with Crippen LogP contribution in [0.1, 0.15) is 5.56 Å². The summed E-state index contributed by atoms with van der Waals surface area (Å²) < 4.78 is 0. The summed E-state index contributed by atoms with van der Waals surface area (Å²) in [7, 11) is 1.87. The van der Waals surface area contributed by atoms with Crippen LogP contribution in [-0.2, 0) is 6.42 Å². The lowest BCUT2D eigenvalue weighted by Crippen LogP contribution is -2.43. The second kappa shape index (κ2) is 7.27. The van der Waals surface area contributed by atoms with E-state index < -0.39 is 6.23 Å². The molecule has 0 heterocycles. The quantitative estimate of drug-likeness (QED) is 0.612. The van der Waals surface area contributed by atoms with Crippen LogP contribution in [0, 0.1) is 0 Å². The number of benzene rings is 3. The highest BCUT2D eigenvalue weighted by Gasteiger charge is 2.17. The van der Waals surface area contributed by atoms with Gasteiger partial charge in [-0.05, 0) is 41.9 Å². The van der Waals surface area contributed by atoms with Crippen LogP contribution >= 0.6 is 0 Å². The summed E-state index contributed by atoms with van der Waals surface area (Å²) >= 11 is 0. The number of likely N-dealkylation sites (N-methyl/N-ethyl adjacent to an activating group) is 1. The second-order valence-corrected chi connectivity index (χ2v) is 5.74. The smallest absolute Gasteiger partial charge is 0.140 e. The van der Waals surface area contributed by atoms with E-state index in [-0.39, 0.29) is 6.04 Å². The summed E-state index contributed by atoms with van der Waals surface area (Å²) in [5.41, 5.74) is 2.12. The van der Waals surface area contributed by atoms with Crippen LogP contribution in [0.25, 0.3) is 10.8 Å². The molecule has 0 fully saturated rings. The highest BCUT2D eigenvalue weighted by atomic mass is 16.3. The van der Waals surface area contributed by atoms with Gasteiger partial charge in [0.1, 0.15) is 6.23 Å². The summed E-state index contributed by atoms with van der Waals surface area (Å²) in [5.74, 6) is 0. The fourth-order valence-electron chi connectivity index (χ4n) is 2.79. The molecule has 3 nitrogen and oxygen atoms in total. The van der Waals surface area contributed by atoms with E-state index in [4.69, 9.17) is 0 Å². The summed E-state index contributed by atoms with van der Waals surface area (Å²) in [5, 5.41) is 19.3. The Morgan fingerprint density at radius 2 is 1.57 bits per heavy atom. The van der Waals surface area contributed by atoms with Crippen LogP contribution in [0.5, 0.6) is 0 Å². The van der Waals surface area contributed by atoms with Gasteiger partial charge in [-0.1, -0.05) is 60.7 Å². The second-order valence-electron chi connectivity index (χ2n) is 5.74. The number of hydrogen-bond donors (Lipinski definition) is 3. The summed E-state index contributed by atoms with van der Waals surface area (Å²) in [6.07, 6.45) is 0.0976. The summed E-state index contributed by atoms with van der Waals surface area (Å²) in [6, 6.07) is 24.5. The lowest BCUT2D eigenvalue weighted by atomic mass is 10.0. The maximum Gasteiger partial charge on any atom is 0.140 e. The van der Waals surface area contributed by atoms with Gasteiger partial charge in [0.25, 0.3) is 0 Å². The van der Waals surface area contributed by atoms with E-state index in [1.54, 1.807) is 0 Å². The molecule has 0 aromatic heterocycles. The minimum Gasteiger partial charge on any atom is -0.372 e. The average Bonchev–Trinajstić information content (AvgIpc) is 2.60. The van der Waals surface area contributed by atoms with Gasteiger partial charge in [-0.2, -0.15) is 0 Å². The first-order valence-electron chi connectivity index (χ1n) is 7.91. The van der Waals surface area contributed by atoms with Crippen molar-refractivity contribution >= 4 is 16.5 Å². The Kier molecular flexibility index (Phi) is 4.91. The Morgan fingerprint density at radius 3 is 2.30 bits per heavy atom. The Bertz CT molecular complexity index is 758. The average molecular weight is 306 g/mol. The molecule has 3 aromatic rings. The first-order chi connectivity index (χ1) is 11.3. The molecule has 3 rings (SSSR count). The van der Waals surface area contributed by atoms with Crippen molar-refractivity contribution in [2.24, 2.45) is 0 Å². The number of hydrogen-bond acceptors (Lipinski definition) is 3. The maximum atomic E-state index is 10.5. The van der Waals surface area contributed by atoms with Crippen molar-refractivity contribution in [2.45, 2.75) is 18.7 Å². The van der Waals surface area contributed by atoms with E-state index >= 15 is 0 Å². The molecule has 118 valence electrons. The van der Waals surface area contributed by atoms with Crippen molar-refractivity contribution in [3.05, 3.63) is 78.4 Å². The van der Waals surface area contributed by atoms with Gasteiger partial charge >= 0.3 is 0 Å². The third-order valence-electron chi connectivity index (χ3n) is 4.11. The van der Waals surface area contributed by atoms with E-state index in [9.17, 15) is 5.11 Å². The fraction of sp³-hybridized carbons (Fsp3) is 0.200. The molecular formula is C20H22N2O. The zero-order valence-electron chi connectivity index (χ0n) is 13.2. The molecule has 0 amide bonds. The van der Waals surface area contributed by atoms with E-state index in [2.05, 4.69) is 47.0 Å². The molecule has 3 heteroatoms. The first-order valence-corrected chi connectivity index (χ1v) is 7.91. The van der Waals surface area contributed by atoms with Crippen molar-refractivity contribution in [3.8, 4) is 0 Å². The van der Waals surface area contributed by atoms with Gasteiger partial charge in [-0.15, -0.1) is 0 Å². The third kappa shape index (κ3) is 3.89. The number of rotatable bonds is 6. The molecule has 0 radical (unpaired) electrons. The molecule has 3 aromatic carbocycles. The lowest BCUT2D eigenvalue weighted by molar-refractivity contribution is 0.157. The molecular weight excluding hydrogens is 284 g/mol. The first kappa shape index (κ1) is 15.5. The number of aliphatic hydroxyl groups is 1. The van der Waals surface area contributed by atoms with Gasteiger partial charge in [0.05, 0.1) is 6.04 Å². The monoisotopic (exact) mass is 306 g/mol. The van der Waals surface area contributed by atoms with Crippen molar-refractivity contribution in [1.82, 2.24) is 5.32 Å². The van der Waals surface area contributed by atoms with E-state index in [0.717, 1.165) is 17.5 Å². The molecule has 2 unspecified atom stereocenters. The Morgan fingerprint density at radius 1 is 0.870 bits per heavy atom. The zero-order chi connectivity index (χ0) is 16.1. The van der Waals surface area contributed by atoms with Gasteiger partial charge in [-0.3, -0.25) is 0 Å². The predicted octanol–water partition coefficient (Wildman–Crippen LogP) is 3.40. The van der Waals surface area contributed by atoms with Gasteiger partial charge < -0.3 is 15.7 Å². The van der Waals surface area contributed by atoms with Gasteiger partial charge in [0, 0.05) is 5.69 Å². The van der Waals surface area contributed by atoms with Gasteiger partial charge in [0.15, 0.2) is 0 Å². The van der Waals surface area contributed by atoms with Crippen LogP contribution in [0.2, 0.25) is 0 Å². The largest absolute Gasteiger partial charge is 0.372 e. The molecule has 0 spiro atoms. The Hall–Kier alpha value is -2.36. The number of nitrogens with one attached hydrogen (secondary N) is 2. The maximum absolute atomic E-state index is 10.5. The number of aliphatic hydroxyl groups excluding tert-OH is 1. The van der Waals surface area contributed by atoms with Crippen LogP contribution in [0.15, 0.2) is 72.8 Å². The third-order valence-corrected chi connectivity index (χ3v) is 4.11. The Balaban J connectivity index is 1.71. The molecule has 0 aliphatic rings. The summed E-state index contributed by atoms with van der Waals surface area (Å²) in [6.45, 7) is 0.